The summed E-state index contributed by atoms with van der Waals surface area (Å²) in [6.07, 6.45) is 1.46. The van der Waals surface area contributed by atoms with E-state index in [1.54, 1.807) is 6.07 Å². The third-order valence-electron chi connectivity index (χ3n) is 2.67. The predicted octanol–water partition coefficient (Wildman–Crippen LogP) is 2.31. The van der Waals surface area contributed by atoms with E-state index in [0.717, 1.165) is 12.0 Å². The molecule has 2 aromatic rings. The highest BCUT2D eigenvalue weighted by atomic mass is 35.5. The van der Waals surface area contributed by atoms with Gasteiger partial charge in [0.25, 0.3) is 5.91 Å². The van der Waals surface area contributed by atoms with Crippen molar-refractivity contribution in [2.75, 3.05) is 11.9 Å². The molecule has 6 heteroatoms. The summed E-state index contributed by atoms with van der Waals surface area (Å²) in [5.41, 5.74) is 1.94. The molecule has 2 rings (SSSR count). The Labute approximate surface area is 121 Å². The van der Waals surface area contributed by atoms with Crippen LogP contribution in [0.15, 0.2) is 36.4 Å². The highest BCUT2D eigenvalue weighted by molar-refractivity contribution is 6.29. The number of carbonyl (C=O) groups excluding carboxylic acids is 1. The van der Waals surface area contributed by atoms with Crippen molar-refractivity contribution in [2.24, 2.45) is 0 Å². The number of hydrogen-bond donors (Lipinski definition) is 2. The summed E-state index contributed by atoms with van der Waals surface area (Å²) < 4.78 is 0. The van der Waals surface area contributed by atoms with Gasteiger partial charge in [-0.05, 0) is 42.7 Å². The Balaban J connectivity index is 2.05. The summed E-state index contributed by atoms with van der Waals surface area (Å²) in [5, 5.41) is 19.2. The average molecular weight is 292 g/mol. The van der Waals surface area contributed by atoms with Gasteiger partial charge in [0.05, 0.1) is 0 Å². The zero-order chi connectivity index (χ0) is 14.4. The van der Waals surface area contributed by atoms with Crippen LogP contribution in [0.4, 0.5) is 5.69 Å². The quantitative estimate of drug-likeness (QED) is 0.886. The molecule has 0 aliphatic carbocycles. The minimum Gasteiger partial charge on any atom is -0.396 e. The molecular weight excluding hydrogens is 278 g/mol. The van der Waals surface area contributed by atoms with Gasteiger partial charge in [-0.15, -0.1) is 10.2 Å². The first-order valence-corrected chi connectivity index (χ1v) is 6.57. The minimum atomic E-state index is -0.339. The maximum Gasteiger partial charge on any atom is 0.276 e. The lowest BCUT2D eigenvalue weighted by Gasteiger charge is -2.06. The van der Waals surface area contributed by atoms with Crippen molar-refractivity contribution in [2.45, 2.75) is 12.8 Å². The molecule has 2 N–H and O–H groups in total. The smallest absolute Gasteiger partial charge is 0.276 e. The van der Waals surface area contributed by atoms with E-state index in [4.69, 9.17) is 16.7 Å². The molecule has 0 radical (unpaired) electrons. The van der Waals surface area contributed by atoms with Crippen molar-refractivity contribution in [1.29, 1.82) is 0 Å². The number of aromatic nitrogens is 2. The number of halogens is 1. The molecule has 104 valence electrons. The van der Waals surface area contributed by atoms with Crippen molar-refractivity contribution in [1.82, 2.24) is 10.2 Å². The second-order valence-electron chi connectivity index (χ2n) is 4.22. The lowest BCUT2D eigenvalue weighted by Crippen LogP contribution is -2.14. The first kappa shape index (κ1) is 14.4. The number of aliphatic hydroxyl groups is 1. The molecule has 0 saturated carbocycles. The van der Waals surface area contributed by atoms with Crippen molar-refractivity contribution < 1.29 is 9.90 Å². The van der Waals surface area contributed by atoms with Crippen molar-refractivity contribution in [3.63, 3.8) is 0 Å². The van der Waals surface area contributed by atoms with E-state index in [0.29, 0.717) is 12.1 Å². The van der Waals surface area contributed by atoms with Gasteiger partial charge < -0.3 is 10.4 Å². The SMILES string of the molecule is O=C(Nc1cccc(CCCO)c1)c1ccc(Cl)nn1. The summed E-state index contributed by atoms with van der Waals surface area (Å²) in [6, 6.07) is 10.5. The summed E-state index contributed by atoms with van der Waals surface area (Å²) in [5.74, 6) is -0.339. The number of hydrogen-bond acceptors (Lipinski definition) is 4. The standard InChI is InChI=1S/C14H14ClN3O2/c15-13-7-6-12(17-18-13)14(20)16-11-5-1-3-10(9-11)4-2-8-19/h1,3,5-7,9,19H,2,4,8H2,(H,16,20). The minimum absolute atomic E-state index is 0.150. The third-order valence-corrected chi connectivity index (χ3v) is 2.87. The first-order chi connectivity index (χ1) is 9.69. The predicted molar refractivity (Wildman–Crippen MR) is 76.8 cm³/mol. The Bertz CT molecular complexity index is 587. The van der Waals surface area contributed by atoms with Crippen LogP contribution in [0, 0.1) is 0 Å². The van der Waals surface area contributed by atoms with Gasteiger partial charge in [0.1, 0.15) is 0 Å². The molecule has 5 nitrogen and oxygen atoms in total. The maximum atomic E-state index is 12.0. The third kappa shape index (κ3) is 4.01. The number of nitrogens with one attached hydrogen (secondary N) is 1. The lowest BCUT2D eigenvalue weighted by atomic mass is 10.1. The topological polar surface area (TPSA) is 75.1 Å². The van der Waals surface area contributed by atoms with Crippen molar-refractivity contribution in [3.05, 3.63) is 52.8 Å². The zero-order valence-corrected chi connectivity index (χ0v) is 11.5. The van der Waals surface area contributed by atoms with Gasteiger partial charge in [-0.3, -0.25) is 4.79 Å². The van der Waals surface area contributed by atoms with Crippen LogP contribution in [-0.4, -0.2) is 27.8 Å². The Hall–Kier alpha value is -1.98. The Morgan fingerprint density at radius 1 is 1.25 bits per heavy atom. The number of anilines is 1. The van der Waals surface area contributed by atoms with Gasteiger partial charge in [-0.25, -0.2) is 0 Å². The molecule has 1 heterocycles. The van der Waals surface area contributed by atoms with Crippen LogP contribution in [0.1, 0.15) is 22.5 Å². The lowest BCUT2D eigenvalue weighted by molar-refractivity contribution is 0.102. The molecule has 0 fully saturated rings. The maximum absolute atomic E-state index is 12.0. The summed E-state index contributed by atoms with van der Waals surface area (Å²) in [4.78, 5) is 12.0. The van der Waals surface area contributed by atoms with Gasteiger partial charge in [-0.2, -0.15) is 0 Å². The zero-order valence-electron chi connectivity index (χ0n) is 10.7. The van der Waals surface area contributed by atoms with Crippen LogP contribution in [0.5, 0.6) is 0 Å². The number of aliphatic hydroxyl groups excluding tert-OH is 1. The van der Waals surface area contributed by atoms with Crippen LogP contribution in [0.2, 0.25) is 5.15 Å². The number of carbonyl (C=O) groups is 1. The normalized spacial score (nSPS) is 10.3. The number of aryl methyl sites for hydroxylation is 1. The van der Waals surface area contributed by atoms with Crippen LogP contribution in [-0.2, 0) is 6.42 Å². The van der Waals surface area contributed by atoms with E-state index in [9.17, 15) is 4.79 Å². The Morgan fingerprint density at radius 2 is 2.10 bits per heavy atom. The van der Waals surface area contributed by atoms with Gasteiger partial charge in [0.2, 0.25) is 0 Å². The summed E-state index contributed by atoms with van der Waals surface area (Å²) in [7, 11) is 0. The van der Waals surface area contributed by atoms with E-state index in [1.807, 2.05) is 18.2 Å². The van der Waals surface area contributed by atoms with Crippen molar-refractivity contribution >= 4 is 23.2 Å². The van der Waals surface area contributed by atoms with Crippen LogP contribution < -0.4 is 5.32 Å². The highest BCUT2D eigenvalue weighted by Gasteiger charge is 2.08. The molecule has 0 bridgehead atoms. The van der Waals surface area contributed by atoms with Gasteiger partial charge in [0.15, 0.2) is 10.8 Å². The molecule has 0 spiro atoms. The number of benzene rings is 1. The van der Waals surface area contributed by atoms with Crippen LogP contribution >= 0.6 is 11.6 Å². The fourth-order valence-electron chi connectivity index (χ4n) is 1.72. The van der Waals surface area contributed by atoms with Gasteiger partial charge in [0, 0.05) is 12.3 Å². The van der Waals surface area contributed by atoms with Gasteiger partial charge in [-0.1, -0.05) is 23.7 Å². The molecule has 0 unspecified atom stereocenters. The molecule has 0 atom stereocenters. The molecule has 1 aromatic carbocycles. The molecular formula is C14H14ClN3O2. The molecule has 0 aliphatic heterocycles. The fraction of sp³-hybridized carbons (Fsp3) is 0.214. The second kappa shape index (κ2) is 6.98. The van der Waals surface area contributed by atoms with E-state index < -0.39 is 0 Å². The van der Waals surface area contributed by atoms with E-state index in [1.165, 1.54) is 12.1 Å². The summed E-state index contributed by atoms with van der Waals surface area (Å²) in [6.45, 7) is 0.150. The highest BCUT2D eigenvalue weighted by Crippen LogP contribution is 2.13. The fourth-order valence-corrected chi connectivity index (χ4v) is 1.82. The molecule has 0 aliphatic rings. The van der Waals surface area contributed by atoms with E-state index in [-0.39, 0.29) is 23.4 Å². The molecule has 0 saturated heterocycles. The monoisotopic (exact) mass is 291 g/mol. The average Bonchev–Trinajstić information content (AvgIpc) is 2.46. The van der Waals surface area contributed by atoms with E-state index in [2.05, 4.69) is 15.5 Å². The number of nitrogens with zero attached hydrogens (tertiary/aromatic N) is 2. The van der Waals surface area contributed by atoms with Crippen LogP contribution in [0.3, 0.4) is 0 Å². The van der Waals surface area contributed by atoms with Gasteiger partial charge >= 0.3 is 0 Å². The number of amides is 1. The largest absolute Gasteiger partial charge is 0.396 e. The molecule has 1 amide bonds. The van der Waals surface area contributed by atoms with Crippen LogP contribution in [0.25, 0.3) is 0 Å². The Morgan fingerprint density at radius 3 is 2.80 bits per heavy atom. The molecule has 1 aromatic heterocycles. The first-order valence-electron chi connectivity index (χ1n) is 6.19. The second-order valence-corrected chi connectivity index (χ2v) is 4.61. The number of rotatable bonds is 5. The summed E-state index contributed by atoms with van der Waals surface area (Å²) >= 11 is 5.62. The van der Waals surface area contributed by atoms with Crippen molar-refractivity contribution in [3.8, 4) is 0 Å². The Kier molecular flexibility index (Phi) is 5.03. The van der Waals surface area contributed by atoms with E-state index >= 15 is 0 Å². The molecule has 20 heavy (non-hydrogen) atoms.